The zero-order valence-corrected chi connectivity index (χ0v) is 18.5. The van der Waals surface area contributed by atoms with Gasteiger partial charge >= 0.3 is 0 Å². The van der Waals surface area contributed by atoms with Gasteiger partial charge in [0.1, 0.15) is 0 Å². The van der Waals surface area contributed by atoms with Gasteiger partial charge in [0.05, 0.1) is 0 Å². The molecule has 2 heteroatoms. The molecule has 0 aromatic heterocycles. The molecule has 3 aromatic rings. The van der Waals surface area contributed by atoms with E-state index in [9.17, 15) is 0 Å². The van der Waals surface area contributed by atoms with Crippen molar-refractivity contribution in [3.8, 4) is 0 Å². The number of likely N-dealkylation sites (tertiary alicyclic amines) is 1. The van der Waals surface area contributed by atoms with Gasteiger partial charge in [0.25, 0.3) is 0 Å². The summed E-state index contributed by atoms with van der Waals surface area (Å²) in [6.07, 6.45) is 7.63. The van der Waals surface area contributed by atoms with Crippen LogP contribution in [-0.4, -0.2) is 30.1 Å². The van der Waals surface area contributed by atoms with Crippen molar-refractivity contribution in [3.05, 3.63) is 102 Å². The van der Waals surface area contributed by atoms with Crippen LogP contribution in [0.1, 0.15) is 42.4 Å². The van der Waals surface area contributed by atoms with Crippen LogP contribution >= 0.6 is 0 Å². The molecule has 2 aliphatic rings. The van der Waals surface area contributed by atoms with Gasteiger partial charge in [-0.1, -0.05) is 79.2 Å². The van der Waals surface area contributed by atoms with Gasteiger partial charge in [-0.3, -0.25) is 4.90 Å². The van der Waals surface area contributed by atoms with Gasteiger partial charge in [0, 0.05) is 30.9 Å². The molecule has 1 atom stereocenters. The lowest BCUT2D eigenvalue weighted by Crippen LogP contribution is -2.43. The van der Waals surface area contributed by atoms with E-state index < -0.39 is 0 Å². The maximum absolute atomic E-state index is 2.74. The quantitative estimate of drug-likeness (QED) is 0.464. The summed E-state index contributed by atoms with van der Waals surface area (Å²) in [5.74, 6) is 0. The summed E-state index contributed by atoms with van der Waals surface area (Å²) in [5.41, 5.74) is 5.90. The highest BCUT2D eigenvalue weighted by Crippen LogP contribution is 2.30. The molecule has 0 bridgehead atoms. The molecule has 0 saturated carbocycles. The third-order valence-electron chi connectivity index (χ3n) is 7.24. The number of benzene rings is 3. The first kappa shape index (κ1) is 20.3. The first-order valence-electron chi connectivity index (χ1n) is 12.0. The van der Waals surface area contributed by atoms with Crippen molar-refractivity contribution in [2.24, 2.45) is 0 Å². The number of fused-ring (bicyclic) bond motifs is 1. The van der Waals surface area contributed by atoms with E-state index in [0.29, 0.717) is 12.1 Å². The molecular weight excluding hydrogens is 376 g/mol. The van der Waals surface area contributed by atoms with Crippen LogP contribution in [0.4, 0.5) is 5.69 Å². The highest BCUT2D eigenvalue weighted by molar-refractivity contribution is 5.49. The number of hydrogen-bond acceptors (Lipinski definition) is 2. The van der Waals surface area contributed by atoms with Crippen LogP contribution in [0.2, 0.25) is 0 Å². The maximum atomic E-state index is 2.74. The third kappa shape index (κ3) is 4.85. The Bertz CT molecular complexity index is 928. The highest BCUT2D eigenvalue weighted by atomic mass is 15.2. The number of piperidine rings is 1. The summed E-state index contributed by atoms with van der Waals surface area (Å²) in [6, 6.07) is 32.4. The largest absolute Gasteiger partial charge is 0.368 e. The van der Waals surface area contributed by atoms with Crippen LogP contribution in [0.15, 0.2) is 84.9 Å². The van der Waals surface area contributed by atoms with E-state index in [1.165, 1.54) is 67.4 Å². The SMILES string of the molecule is c1ccc(CN2CCCC[C@@H]2CCN(c2ccccc2)C2Cc3ccccc3C2)cc1. The normalized spacial score (nSPS) is 19.3. The first-order valence-corrected chi connectivity index (χ1v) is 12.0. The van der Waals surface area contributed by atoms with E-state index in [2.05, 4.69) is 94.7 Å². The Kier molecular flexibility index (Phi) is 6.36. The minimum atomic E-state index is 0.575. The molecule has 5 rings (SSSR count). The summed E-state index contributed by atoms with van der Waals surface area (Å²) >= 11 is 0. The summed E-state index contributed by atoms with van der Waals surface area (Å²) in [4.78, 5) is 5.45. The molecule has 1 saturated heterocycles. The molecule has 0 spiro atoms. The molecule has 1 heterocycles. The maximum Gasteiger partial charge on any atom is 0.0370 e. The van der Waals surface area contributed by atoms with Crippen LogP contribution < -0.4 is 4.90 Å². The lowest BCUT2D eigenvalue weighted by molar-refractivity contribution is 0.133. The monoisotopic (exact) mass is 410 g/mol. The number of para-hydroxylation sites is 1. The van der Waals surface area contributed by atoms with Gasteiger partial charge < -0.3 is 4.90 Å². The van der Waals surface area contributed by atoms with Crippen LogP contribution in [0.5, 0.6) is 0 Å². The predicted octanol–water partition coefficient (Wildman–Crippen LogP) is 6.11. The smallest absolute Gasteiger partial charge is 0.0370 e. The number of rotatable bonds is 7. The minimum absolute atomic E-state index is 0.575. The summed E-state index contributed by atoms with van der Waals surface area (Å²) < 4.78 is 0. The molecule has 1 fully saturated rings. The Hall–Kier alpha value is -2.58. The van der Waals surface area contributed by atoms with Crippen molar-refractivity contribution in [1.82, 2.24) is 4.90 Å². The molecule has 1 aliphatic heterocycles. The van der Waals surface area contributed by atoms with Crippen LogP contribution in [0, 0.1) is 0 Å². The lowest BCUT2D eigenvalue weighted by atomic mass is 9.97. The third-order valence-corrected chi connectivity index (χ3v) is 7.24. The van der Waals surface area contributed by atoms with Crippen LogP contribution in [0.3, 0.4) is 0 Å². The Morgan fingerprint density at radius 3 is 2.10 bits per heavy atom. The Morgan fingerprint density at radius 1 is 0.742 bits per heavy atom. The summed E-state index contributed by atoms with van der Waals surface area (Å²) in [7, 11) is 0. The zero-order valence-electron chi connectivity index (χ0n) is 18.5. The zero-order chi connectivity index (χ0) is 20.9. The Morgan fingerprint density at radius 2 is 1.39 bits per heavy atom. The second-order valence-corrected chi connectivity index (χ2v) is 9.25. The number of hydrogen-bond donors (Lipinski definition) is 0. The fourth-order valence-electron chi connectivity index (χ4n) is 5.60. The van der Waals surface area contributed by atoms with Crippen molar-refractivity contribution in [1.29, 1.82) is 0 Å². The molecule has 1 aliphatic carbocycles. The van der Waals surface area contributed by atoms with E-state index in [4.69, 9.17) is 0 Å². The van der Waals surface area contributed by atoms with Crippen molar-refractivity contribution >= 4 is 5.69 Å². The fraction of sp³-hybridized carbons (Fsp3) is 0.379. The molecule has 3 aromatic carbocycles. The van der Waals surface area contributed by atoms with Gasteiger partial charge in [0.15, 0.2) is 0 Å². The van der Waals surface area contributed by atoms with E-state index >= 15 is 0 Å². The molecule has 0 radical (unpaired) electrons. The van der Waals surface area contributed by atoms with Gasteiger partial charge in [-0.2, -0.15) is 0 Å². The van der Waals surface area contributed by atoms with E-state index in [0.717, 1.165) is 13.1 Å². The van der Waals surface area contributed by atoms with Gasteiger partial charge in [0.2, 0.25) is 0 Å². The standard InChI is InChI=1S/C29H34N2/c1-3-11-24(12-4-1)23-30-19-10-9-15-27(30)18-20-31(28-16-5-2-6-17-28)29-21-25-13-7-8-14-26(25)22-29/h1-8,11-14,16-17,27,29H,9-10,15,18-23H2/t27-/m1/s1. The molecule has 0 amide bonds. The van der Waals surface area contributed by atoms with E-state index in [1.807, 2.05) is 0 Å². The van der Waals surface area contributed by atoms with E-state index in [1.54, 1.807) is 0 Å². The molecule has 0 unspecified atom stereocenters. The number of anilines is 1. The average molecular weight is 411 g/mol. The molecule has 31 heavy (non-hydrogen) atoms. The molecule has 160 valence electrons. The number of nitrogens with zero attached hydrogens (tertiary/aromatic N) is 2. The van der Waals surface area contributed by atoms with Gasteiger partial charge in [-0.25, -0.2) is 0 Å². The molecule has 0 N–H and O–H groups in total. The van der Waals surface area contributed by atoms with Gasteiger partial charge in [-0.05, 0) is 67.5 Å². The predicted molar refractivity (Wildman–Crippen MR) is 131 cm³/mol. The highest BCUT2D eigenvalue weighted by Gasteiger charge is 2.29. The lowest BCUT2D eigenvalue weighted by Gasteiger charge is -2.39. The van der Waals surface area contributed by atoms with Crippen molar-refractivity contribution in [2.75, 3.05) is 18.0 Å². The van der Waals surface area contributed by atoms with Crippen LogP contribution in [0.25, 0.3) is 0 Å². The second kappa shape index (κ2) is 9.70. The fourth-order valence-corrected chi connectivity index (χ4v) is 5.60. The molecular formula is C29H34N2. The topological polar surface area (TPSA) is 6.48 Å². The molecule has 2 nitrogen and oxygen atoms in total. The summed E-state index contributed by atoms with van der Waals surface area (Å²) in [6.45, 7) is 3.46. The van der Waals surface area contributed by atoms with Crippen LogP contribution in [-0.2, 0) is 19.4 Å². The minimum Gasteiger partial charge on any atom is -0.368 e. The summed E-state index contributed by atoms with van der Waals surface area (Å²) in [5, 5.41) is 0. The first-order chi connectivity index (χ1) is 15.4. The Labute approximate surface area is 187 Å². The van der Waals surface area contributed by atoms with Gasteiger partial charge in [-0.15, -0.1) is 0 Å². The average Bonchev–Trinajstić information content (AvgIpc) is 3.25. The van der Waals surface area contributed by atoms with Crippen molar-refractivity contribution < 1.29 is 0 Å². The van der Waals surface area contributed by atoms with Crippen molar-refractivity contribution in [2.45, 2.75) is 57.2 Å². The van der Waals surface area contributed by atoms with E-state index in [-0.39, 0.29) is 0 Å². The Balaban J connectivity index is 1.30. The second-order valence-electron chi connectivity index (χ2n) is 9.25. The van der Waals surface area contributed by atoms with Crippen molar-refractivity contribution in [3.63, 3.8) is 0 Å².